The van der Waals surface area contributed by atoms with Crippen molar-refractivity contribution >= 4 is 34.0 Å². The molecule has 4 rings (SSSR count). The minimum atomic E-state index is -0.226. The summed E-state index contributed by atoms with van der Waals surface area (Å²) in [5, 5.41) is 8.44. The summed E-state index contributed by atoms with van der Waals surface area (Å²) < 4.78 is 5.26. The lowest BCUT2D eigenvalue weighted by Crippen LogP contribution is -2.35. The van der Waals surface area contributed by atoms with Gasteiger partial charge < -0.3 is 20.3 Å². The van der Waals surface area contributed by atoms with Crippen molar-refractivity contribution in [2.24, 2.45) is 0 Å². The molecule has 36 heavy (non-hydrogen) atoms. The number of nitrogens with one attached hydrogen (secondary N) is 2. The number of benzene rings is 2. The first kappa shape index (κ1) is 24.9. The molecule has 8 nitrogen and oxygen atoms in total. The van der Waals surface area contributed by atoms with Crippen LogP contribution in [0.5, 0.6) is 5.75 Å². The number of nitrogens with zero attached hydrogens (tertiary/aromatic N) is 3. The van der Waals surface area contributed by atoms with Gasteiger partial charge in [-0.2, -0.15) is 0 Å². The van der Waals surface area contributed by atoms with Crippen LogP contribution in [0.4, 0.5) is 10.8 Å². The minimum Gasteiger partial charge on any atom is -0.497 e. The second kappa shape index (κ2) is 12.5. The number of pyridine rings is 1. The molecule has 0 spiro atoms. The largest absolute Gasteiger partial charge is 0.497 e. The van der Waals surface area contributed by atoms with Crippen LogP contribution < -0.4 is 15.4 Å². The highest BCUT2D eigenvalue weighted by molar-refractivity contribution is 7.14. The number of hydrogen-bond acceptors (Lipinski definition) is 7. The van der Waals surface area contributed by atoms with Gasteiger partial charge in [0.15, 0.2) is 5.13 Å². The maximum absolute atomic E-state index is 13.4. The lowest BCUT2D eigenvalue weighted by Gasteiger charge is -2.22. The molecule has 0 atom stereocenters. The fourth-order valence-corrected chi connectivity index (χ4v) is 4.20. The average Bonchev–Trinajstić information content (AvgIpc) is 3.39. The van der Waals surface area contributed by atoms with Crippen LogP contribution in [0.1, 0.15) is 28.0 Å². The van der Waals surface area contributed by atoms with Crippen molar-refractivity contribution in [1.82, 2.24) is 20.2 Å². The predicted octanol–water partition coefficient (Wildman–Crippen LogP) is 4.64. The van der Waals surface area contributed by atoms with Gasteiger partial charge in [-0.1, -0.05) is 36.4 Å². The second-order valence-electron chi connectivity index (χ2n) is 7.99. The first-order valence-corrected chi connectivity index (χ1v) is 12.3. The molecule has 0 aliphatic heterocycles. The Labute approximate surface area is 214 Å². The highest BCUT2D eigenvalue weighted by Gasteiger charge is 2.20. The molecule has 0 fully saturated rings. The SMILES string of the molecule is COc1cccc(Nc2nc(C(=O)N(CCC(=O)NCc3ccncc3)Cc3ccccc3)cs2)c1. The van der Waals surface area contributed by atoms with E-state index in [1.54, 1.807) is 29.8 Å². The van der Waals surface area contributed by atoms with Gasteiger partial charge in [0.25, 0.3) is 5.91 Å². The molecule has 9 heteroatoms. The van der Waals surface area contributed by atoms with Crippen molar-refractivity contribution in [2.75, 3.05) is 19.0 Å². The van der Waals surface area contributed by atoms with E-state index in [1.165, 1.54) is 11.3 Å². The molecule has 0 aliphatic rings. The Morgan fingerprint density at radius 2 is 1.81 bits per heavy atom. The maximum Gasteiger partial charge on any atom is 0.273 e. The molecule has 0 saturated carbocycles. The van der Waals surface area contributed by atoms with Gasteiger partial charge in [0, 0.05) is 55.6 Å². The summed E-state index contributed by atoms with van der Waals surface area (Å²) in [5.74, 6) is 0.371. The van der Waals surface area contributed by atoms with Crippen molar-refractivity contribution < 1.29 is 14.3 Å². The summed E-state index contributed by atoms with van der Waals surface area (Å²) in [5.41, 5.74) is 3.09. The number of carbonyl (C=O) groups is 2. The minimum absolute atomic E-state index is 0.128. The third kappa shape index (κ3) is 7.13. The Bertz CT molecular complexity index is 1280. The van der Waals surface area contributed by atoms with E-state index in [2.05, 4.69) is 20.6 Å². The lowest BCUT2D eigenvalue weighted by atomic mass is 10.2. The second-order valence-corrected chi connectivity index (χ2v) is 8.85. The van der Waals surface area contributed by atoms with Gasteiger partial charge in [-0.15, -0.1) is 11.3 Å². The van der Waals surface area contributed by atoms with Crippen molar-refractivity contribution in [3.63, 3.8) is 0 Å². The van der Waals surface area contributed by atoms with Gasteiger partial charge in [0.05, 0.1) is 7.11 Å². The molecule has 0 unspecified atom stereocenters. The van der Waals surface area contributed by atoms with E-state index in [0.717, 1.165) is 22.6 Å². The molecule has 2 heterocycles. The molecule has 2 aromatic carbocycles. The van der Waals surface area contributed by atoms with Crippen LogP contribution in [-0.2, 0) is 17.9 Å². The normalized spacial score (nSPS) is 10.5. The molecular formula is C27H27N5O3S. The fourth-order valence-electron chi connectivity index (χ4n) is 3.50. The van der Waals surface area contributed by atoms with E-state index >= 15 is 0 Å². The average molecular weight is 502 g/mol. The molecular weight excluding hydrogens is 474 g/mol. The van der Waals surface area contributed by atoms with E-state index < -0.39 is 0 Å². The monoisotopic (exact) mass is 501 g/mol. The number of amides is 2. The number of ether oxygens (including phenoxy) is 1. The molecule has 0 aliphatic carbocycles. The Kier molecular flexibility index (Phi) is 8.61. The summed E-state index contributed by atoms with van der Waals surface area (Å²) in [6.45, 7) is 1.07. The smallest absolute Gasteiger partial charge is 0.273 e. The number of hydrogen-bond donors (Lipinski definition) is 2. The maximum atomic E-state index is 13.4. The molecule has 0 saturated heterocycles. The molecule has 0 bridgehead atoms. The number of methoxy groups -OCH3 is 1. The van der Waals surface area contributed by atoms with Gasteiger partial charge in [0.1, 0.15) is 11.4 Å². The fraction of sp³-hybridized carbons (Fsp3) is 0.185. The third-order valence-corrected chi connectivity index (χ3v) is 6.15. The summed E-state index contributed by atoms with van der Waals surface area (Å²) in [4.78, 5) is 36.0. The number of aromatic nitrogens is 2. The first-order valence-electron chi connectivity index (χ1n) is 11.5. The number of rotatable bonds is 11. The van der Waals surface area contributed by atoms with Gasteiger partial charge in [0.2, 0.25) is 5.91 Å². The third-order valence-electron chi connectivity index (χ3n) is 5.40. The van der Waals surface area contributed by atoms with Crippen LogP contribution in [0.3, 0.4) is 0 Å². The number of anilines is 2. The van der Waals surface area contributed by atoms with Gasteiger partial charge in [-0.3, -0.25) is 14.6 Å². The zero-order valence-electron chi connectivity index (χ0n) is 19.9. The van der Waals surface area contributed by atoms with Crippen LogP contribution in [0.25, 0.3) is 0 Å². The molecule has 4 aromatic rings. The van der Waals surface area contributed by atoms with E-state index in [0.29, 0.717) is 23.9 Å². The highest BCUT2D eigenvalue weighted by Crippen LogP contribution is 2.24. The summed E-state index contributed by atoms with van der Waals surface area (Å²) in [6, 6.07) is 20.9. The van der Waals surface area contributed by atoms with Crippen LogP contribution in [-0.4, -0.2) is 40.3 Å². The van der Waals surface area contributed by atoms with Gasteiger partial charge in [-0.05, 0) is 35.4 Å². The molecule has 184 valence electrons. The molecule has 2 N–H and O–H groups in total. The summed E-state index contributed by atoms with van der Waals surface area (Å²) in [7, 11) is 1.61. The van der Waals surface area contributed by atoms with Crippen molar-refractivity contribution in [1.29, 1.82) is 0 Å². The van der Waals surface area contributed by atoms with Crippen LogP contribution in [0, 0.1) is 0 Å². The van der Waals surface area contributed by atoms with Crippen molar-refractivity contribution in [3.8, 4) is 5.75 Å². The lowest BCUT2D eigenvalue weighted by molar-refractivity contribution is -0.121. The molecule has 2 aromatic heterocycles. The number of thiazole rings is 1. The first-order chi connectivity index (χ1) is 17.6. The summed E-state index contributed by atoms with van der Waals surface area (Å²) in [6.07, 6.45) is 3.56. The number of carbonyl (C=O) groups excluding carboxylic acids is 2. The molecule has 2 amide bonds. The zero-order valence-corrected chi connectivity index (χ0v) is 20.7. The van der Waals surface area contributed by atoms with Gasteiger partial charge in [-0.25, -0.2) is 4.98 Å². The standard InChI is InChI=1S/C27H27N5O3S/c1-35-23-9-5-8-22(16-23)30-27-31-24(19-36-27)26(34)32(18-21-6-3-2-4-7-21)15-12-25(33)29-17-20-10-13-28-14-11-20/h2-11,13-14,16,19H,12,15,17-18H2,1H3,(H,29,33)(H,30,31). The van der Waals surface area contributed by atoms with Crippen LogP contribution in [0.2, 0.25) is 0 Å². The Hall–Kier alpha value is -4.24. The Morgan fingerprint density at radius 3 is 2.58 bits per heavy atom. The van der Waals surface area contributed by atoms with Gasteiger partial charge >= 0.3 is 0 Å². The molecule has 0 radical (unpaired) electrons. The van der Waals surface area contributed by atoms with Crippen molar-refractivity contribution in [3.05, 3.63) is 101 Å². The van der Waals surface area contributed by atoms with E-state index in [9.17, 15) is 9.59 Å². The Balaban J connectivity index is 1.41. The van der Waals surface area contributed by atoms with Crippen LogP contribution in [0.15, 0.2) is 84.5 Å². The quantitative estimate of drug-likeness (QED) is 0.311. The topological polar surface area (TPSA) is 96.5 Å². The zero-order chi connectivity index (χ0) is 25.2. The van der Waals surface area contributed by atoms with E-state index in [-0.39, 0.29) is 24.8 Å². The van der Waals surface area contributed by atoms with E-state index in [4.69, 9.17) is 4.74 Å². The highest BCUT2D eigenvalue weighted by atomic mass is 32.1. The van der Waals surface area contributed by atoms with E-state index in [1.807, 2.05) is 66.7 Å². The summed E-state index contributed by atoms with van der Waals surface area (Å²) >= 11 is 1.35. The van der Waals surface area contributed by atoms with Crippen LogP contribution >= 0.6 is 11.3 Å². The Morgan fingerprint density at radius 1 is 1.00 bits per heavy atom. The van der Waals surface area contributed by atoms with Crippen molar-refractivity contribution in [2.45, 2.75) is 19.5 Å². The predicted molar refractivity (Wildman–Crippen MR) is 140 cm³/mol.